The van der Waals surface area contributed by atoms with Crippen LogP contribution >= 0.6 is 0 Å². The number of piperidine rings is 1. The molecule has 0 amide bonds. The van der Waals surface area contributed by atoms with Gasteiger partial charge >= 0.3 is 0 Å². The van der Waals surface area contributed by atoms with Crippen molar-refractivity contribution in [3.8, 4) is 0 Å². The Kier molecular flexibility index (Phi) is 2.22. The third-order valence-corrected chi connectivity index (χ3v) is 3.29. The van der Waals surface area contributed by atoms with Crippen LogP contribution in [0.3, 0.4) is 0 Å². The number of para-hydroxylation sites is 1. The Bertz CT molecular complexity index is 452. The van der Waals surface area contributed by atoms with Crippen molar-refractivity contribution in [2.45, 2.75) is 18.9 Å². The van der Waals surface area contributed by atoms with Gasteiger partial charge in [-0.3, -0.25) is 0 Å². The van der Waals surface area contributed by atoms with E-state index in [1.165, 1.54) is 30.3 Å². The minimum atomic E-state index is 0.638. The van der Waals surface area contributed by atoms with Gasteiger partial charge in [0.1, 0.15) is 0 Å². The highest BCUT2D eigenvalue weighted by Crippen LogP contribution is 2.23. The zero-order valence-electron chi connectivity index (χ0n) is 8.82. The molecule has 0 bridgehead atoms. The highest BCUT2D eigenvalue weighted by Gasteiger charge is 2.15. The van der Waals surface area contributed by atoms with E-state index in [4.69, 9.17) is 0 Å². The minimum Gasteiger partial charge on any atom is -0.343 e. The topological polar surface area (TPSA) is 17.0 Å². The van der Waals surface area contributed by atoms with Gasteiger partial charge in [0.25, 0.3) is 0 Å². The molecule has 2 heterocycles. The Morgan fingerprint density at radius 1 is 1.20 bits per heavy atom. The van der Waals surface area contributed by atoms with Gasteiger partial charge in [-0.15, -0.1) is 0 Å². The molecule has 1 fully saturated rings. The minimum absolute atomic E-state index is 0.638. The van der Waals surface area contributed by atoms with E-state index in [9.17, 15) is 0 Å². The van der Waals surface area contributed by atoms with Crippen molar-refractivity contribution >= 4 is 10.9 Å². The van der Waals surface area contributed by atoms with Gasteiger partial charge in [0, 0.05) is 24.3 Å². The van der Waals surface area contributed by atoms with E-state index in [2.05, 4.69) is 46.4 Å². The molecule has 1 atom stereocenters. The van der Waals surface area contributed by atoms with Gasteiger partial charge in [0.05, 0.1) is 0 Å². The third-order valence-electron chi connectivity index (χ3n) is 3.29. The molecule has 1 aromatic heterocycles. The summed E-state index contributed by atoms with van der Waals surface area (Å²) in [6, 6.07) is 11.5. The van der Waals surface area contributed by atoms with E-state index < -0.39 is 0 Å². The molecule has 2 aromatic rings. The molecule has 2 heteroatoms. The van der Waals surface area contributed by atoms with Crippen molar-refractivity contribution in [3.63, 3.8) is 0 Å². The van der Waals surface area contributed by atoms with Crippen molar-refractivity contribution < 1.29 is 0 Å². The number of nitrogens with one attached hydrogen (secondary N) is 1. The number of hydrogen-bond donors (Lipinski definition) is 1. The lowest BCUT2D eigenvalue weighted by atomic mass is 10.1. The lowest BCUT2D eigenvalue weighted by Crippen LogP contribution is -2.31. The summed E-state index contributed by atoms with van der Waals surface area (Å²) in [6.45, 7) is 2.29. The van der Waals surface area contributed by atoms with Gasteiger partial charge in [0.2, 0.25) is 0 Å². The molecule has 78 valence electrons. The second-order valence-corrected chi connectivity index (χ2v) is 4.28. The molecule has 0 radical (unpaired) electrons. The normalized spacial score (nSPS) is 22.0. The first kappa shape index (κ1) is 8.98. The first-order chi connectivity index (χ1) is 7.45. The van der Waals surface area contributed by atoms with Crippen LogP contribution in [-0.4, -0.2) is 17.7 Å². The van der Waals surface area contributed by atoms with E-state index in [1.54, 1.807) is 0 Å². The summed E-state index contributed by atoms with van der Waals surface area (Å²) >= 11 is 0. The molecule has 0 spiro atoms. The molecule has 1 N–H and O–H groups in total. The van der Waals surface area contributed by atoms with Crippen molar-refractivity contribution in [1.29, 1.82) is 0 Å². The molecule has 15 heavy (non-hydrogen) atoms. The molecule has 2 nitrogen and oxygen atoms in total. The predicted molar refractivity (Wildman–Crippen MR) is 63.1 cm³/mol. The highest BCUT2D eigenvalue weighted by atomic mass is 15.1. The van der Waals surface area contributed by atoms with Gasteiger partial charge in [-0.05, 0) is 36.9 Å². The van der Waals surface area contributed by atoms with E-state index in [-0.39, 0.29) is 0 Å². The van der Waals surface area contributed by atoms with E-state index >= 15 is 0 Å². The summed E-state index contributed by atoms with van der Waals surface area (Å²) < 4.78 is 2.42. The van der Waals surface area contributed by atoms with Gasteiger partial charge in [-0.25, -0.2) is 0 Å². The van der Waals surface area contributed by atoms with Crippen molar-refractivity contribution in [1.82, 2.24) is 9.88 Å². The summed E-state index contributed by atoms with van der Waals surface area (Å²) in [5, 5.41) is 4.82. The van der Waals surface area contributed by atoms with Gasteiger partial charge in [-0.1, -0.05) is 18.2 Å². The maximum Gasteiger partial charge on any atom is 0.0483 e. The van der Waals surface area contributed by atoms with Crippen molar-refractivity contribution in [2.24, 2.45) is 0 Å². The fraction of sp³-hybridized carbons (Fsp3) is 0.385. The molecule has 1 unspecified atom stereocenters. The molecule has 3 rings (SSSR count). The number of rotatable bonds is 1. The molecule has 1 saturated heterocycles. The zero-order valence-corrected chi connectivity index (χ0v) is 8.82. The summed E-state index contributed by atoms with van der Waals surface area (Å²) in [6.07, 6.45) is 4.81. The van der Waals surface area contributed by atoms with Crippen molar-refractivity contribution in [3.05, 3.63) is 36.5 Å². The van der Waals surface area contributed by atoms with Crippen LogP contribution in [0.1, 0.15) is 18.9 Å². The average molecular weight is 200 g/mol. The standard InChI is InChI=1S/C13H16N2/c1-2-6-13-11(4-1)7-9-15(13)12-5-3-8-14-10-12/h1-2,4,6-7,9,12,14H,3,5,8,10H2. The van der Waals surface area contributed by atoms with Gasteiger partial charge < -0.3 is 9.88 Å². The zero-order chi connectivity index (χ0) is 10.1. The Morgan fingerprint density at radius 2 is 2.13 bits per heavy atom. The smallest absolute Gasteiger partial charge is 0.0483 e. The maximum absolute atomic E-state index is 3.47. The summed E-state index contributed by atoms with van der Waals surface area (Å²) in [5.41, 5.74) is 1.37. The Balaban J connectivity index is 2.02. The summed E-state index contributed by atoms with van der Waals surface area (Å²) in [7, 11) is 0. The number of nitrogens with zero attached hydrogens (tertiary/aromatic N) is 1. The lowest BCUT2D eigenvalue weighted by molar-refractivity contribution is 0.379. The molecule has 1 aromatic carbocycles. The molecule has 1 aliphatic rings. The van der Waals surface area contributed by atoms with Crippen LogP contribution in [0.5, 0.6) is 0 Å². The van der Waals surface area contributed by atoms with Crippen LogP contribution in [0.25, 0.3) is 10.9 Å². The van der Waals surface area contributed by atoms with Gasteiger partial charge in [-0.2, -0.15) is 0 Å². The predicted octanol–water partition coefficient (Wildman–Crippen LogP) is 2.57. The van der Waals surface area contributed by atoms with Crippen LogP contribution in [0, 0.1) is 0 Å². The average Bonchev–Trinajstić information content (AvgIpc) is 2.74. The highest BCUT2D eigenvalue weighted by molar-refractivity contribution is 5.80. The maximum atomic E-state index is 3.47. The van der Waals surface area contributed by atoms with Crippen molar-refractivity contribution in [2.75, 3.05) is 13.1 Å². The Hall–Kier alpha value is -1.28. The van der Waals surface area contributed by atoms with E-state index in [1.807, 2.05) is 0 Å². The van der Waals surface area contributed by atoms with E-state index in [0.717, 1.165) is 6.54 Å². The number of fused-ring (bicyclic) bond motifs is 1. The first-order valence-corrected chi connectivity index (χ1v) is 5.71. The fourth-order valence-corrected chi connectivity index (χ4v) is 2.49. The van der Waals surface area contributed by atoms with Crippen LogP contribution in [0.4, 0.5) is 0 Å². The monoisotopic (exact) mass is 200 g/mol. The SMILES string of the molecule is c1ccc2c(c1)ccn2C1CCCNC1. The molecule has 0 saturated carbocycles. The molecular formula is C13H16N2. The van der Waals surface area contributed by atoms with Gasteiger partial charge in [0.15, 0.2) is 0 Å². The fourth-order valence-electron chi connectivity index (χ4n) is 2.49. The Morgan fingerprint density at radius 3 is 3.00 bits per heavy atom. The van der Waals surface area contributed by atoms with Crippen LogP contribution in [0.15, 0.2) is 36.5 Å². The molecule has 1 aliphatic heterocycles. The molecule has 0 aliphatic carbocycles. The number of benzene rings is 1. The number of hydrogen-bond acceptors (Lipinski definition) is 1. The van der Waals surface area contributed by atoms with Crippen LogP contribution < -0.4 is 5.32 Å². The quantitative estimate of drug-likeness (QED) is 0.748. The van der Waals surface area contributed by atoms with E-state index in [0.29, 0.717) is 6.04 Å². The van der Waals surface area contributed by atoms with Crippen LogP contribution in [-0.2, 0) is 0 Å². The molecular weight excluding hydrogens is 184 g/mol. The van der Waals surface area contributed by atoms with Crippen LogP contribution in [0.2, 0.25) is 0 Å². The largest absolute Gasteiger partial charge is 0.343 e. The third kappa shape index (κ3) is 1.55. The second-order valence-electron chi connectivity index (χ2n) is 4.28. The first-order valence-electron chi connectivity index (χ1n) is 5.71. The number of aromatic nitrogens is 1. The lowest BCUT2D eigenvalue weighted by Gasteiger charge is -2.25. The Labute approximate surface area is 89.9 Å². The summed E-state index contributed by atoms with van der Waals surface area (Å²) in [5.74, 6) is 0. The summed E-state index contributed by atoms with van der Waals surface area (Å²) in [4.78, 5) is 0. The second kappa shape index (κ2) is 3.70.